The van der Waals surface area contributed by atoms with E-state index in [1.807, 2.05) is 44.2 Å². The first-order chi connectivity index (χ1) is 14.4. The van der Waals surface area contributed by atoms with Crippen LogP contribution in [0.5, 0.6) is 5.75 Å². The van der Waals surface area contributed by atoms with Crippen LogP contribution in [-0.4, -0.2) is 30.2 Å². The topological polar surface area (TPSA) is 52.6 Å². The van der Waals surface area contributed by atoms with E-state index in [0.717, 1.165) is 33.6 Å². The van der Waals surface area contributed by atoms with Crippen LogP contribution in [0.2, 0.25) is 0 Å². The lowest BCUT2D eigenvalue weighted by molar-refractivity contribution is -0.139. The van der Waals surface area contributed by atoms with Gasteiger partial charge in [0.1, 0.15) is 19.0 Å². The Labute approximate surface area is 182 Å². The van der Waals surface area contributed by atoms with Crippen LogP contribution in [0, 0.1) is 13.8 Å². The third-order valence-corrected chi connectivity index (χ3v) is 6.17. The minimum atomic E-state index is -0.426. The minimum absolute atomic E-state index is 0.106. The van der Waals surface area contributed by atoms with E-state index in [2.05, 4.69) is 24.8 Å². The molecule has 0 spiro atoms. The maximum atomic E-state index is 13.2. The van der Waals surface area contributed by atoms with Crippen molar-refractivity contribution < 1.29 is 19.1 Å². The molecule has 30 heavy (non-hydrogen) atoms. The summed E-state index contributed by atoms with van der Waals surface area (Å²) in [6.07, 6.45) is 2.88. The maximum absolute atomic E-state index is 13.2. The molecule has 2 aromatic carbocycles. The van der Waals surface area contributed by atoms with Gasteiger partial charge in [-0.15, -0.1) is 11.8 Å². The number of ketones is 1. The highest BCUT2D eigenvalue weighted by atomic mass is 32.2. The summed E-state index contributed by atoms with van der Waals surface area (Å²) in [7, 11) is 0. The average Bonchev–Trinajstić information content (AvgIpc) is 3.21. The van der Waals surface area contributed by atoms with Gasteiger partial charge in [-0.25, -0.2) is 4.79 Å². The molecule has 0 amide bonds. The molecule has 0 aliphatic carbocycles. The molecule has 156 valence electrons. The molecule has 1 aliphatic rings. The Morgan fingerprint density at radius 2 is 1.77 bits per heavy atom. The van der Waals surface area contributed by atoms with Gasteiger partial charge < -0.3 is 9.47 Å². The second-order valence-corrected chi connectivity index (χ2v) is 8.58. The van der Waals surface area contributed by atoms with Gasteiger partial charge in [0.2, 0.25) is 0 Å². The highest BCUT2D eigenvalue weighted by Gasteiger charge is 2.28. The fourth-order valence-electron chi connectivity index (χ4n) is 3.39. The molecular weight excluding hydrogens is 396 g/mol. The number of hydrogen-bond donors (Lipinski definition) is 0. The number of esters is 1. The maximum Gasteiger partial charge on any atom is 0.333 e. The van der Waals surface area contributed by atoms with Gasteiger partial charge in [-0.05, 0) is 56.0 Å². The first-order valence-corrected chi connectivity index (χ1v) is 10.8. The van der Waals surface area contributed by atoms with E-state index in [0.29, 0.717) is 11.3 Å². The summed E-state index contributed by atoms with van der Waals surface area (Å²) in [5, 5.41) is -0.106. The van der Waals surface area contributed by atoms with Crippen molar-refractivity contribution in [1.82, 2.24) is 0 Å². The summed E-state index contributed by atoms with van der Waals surface area (Å²) in [6.45, 7) is 9.40. The third-order valence-electron chi connectivity index (χ3n) is 4.82. The van der Waals surface area contributed by atoms with E-state index >= 15 is 0 Å². The molecule has 2 aromatic rings. The van der Waals surface area contributed by atoms with Gasteiger partial charge in [-0.3, -0.25) is 4.79 Å². The predicted molar refractivity (Wildman–Crippen MR) is 122 cm³/mol. The van der Waals surface area contributed by atoms with Gasteiger partial charge in [-0.1, -0.05) is 43.0 Å². The number of thioether (sulfide) groups is 1. The number of aryl methyl sites for hydroxylation is 2. The Morgan fingerprint density at radius 1 is 1.10 bits per heavy atom. The molecule has 1 unspecified atom stereocenters. The number of hydrogen-bond acceptors (Lipinski definition) is 5. The zero-order chi connectivity index (χ0) is 21.7. The second-order valence-electron chi connectivity index (χ2n) is 7.34. The van der Waals surface area contributed by atoms with Crippen LogP contribution in [0.1, 0.15) is 40.4 Å². The van der Waals surface area contributed by atoms with E-state index in [4.69, 9.17) is 9.47 Å². The van der Waals surface area contributed by atoms with Crippen molar-refractivity contribution in [1.29, 1.82) is 0 Å². The number of rotatable bonds is 8. The quantitative estimate of drug-likeness (QED) is 0.242. The van der Waals surface area contributed by atoms with Crippen molar-refractivity contribution in [3.8, 4) is 5.75 Å². The molecule has 0 aromatic heterocycles. The molecule has 0 radical (unpaired) electrons. The average molecular weight is 423 g/mol. The fourth-order valence-corrected chi connectivity index (χ4v) is 4.57. The van der Waals surface area contributed by atoms with Crippen LogP contribution < -0.4 is 4.74 Å². The van der Waals surface area contributed by atoms with E-state index in [1.165, 1.54) is 0 Å². The van der Waals surface area contributed by atoms with Gasteiger partial charge in [0, 0.05) is 16.0 Å². The predicted octanol–water partition coefficient (Wildman–Crippen LogP) is 5.53. The zero-order valence-corrected chi connectivity index (χ0v) is 18.4. The van der Waals surface area contributed by atoms with E-state index in [1.54, 1.807) is 18.7 Å². The first-order valence-electron chi connectivity index (χ1n) is 9.90. The number of allylic oxidation sites excluding steroid dienone is 1. The smallest absolute Gasteiger partial charge is 0.333 e. The van der Waals surface area contributed by atoms with Gasteiger partial charge in [0.15, 0.2) is 5.78 Å². The molecule has 0 bridgehead atoms. The number of benzene rings is 2. The van der Waals surface area contributed by atoms with Crippen molar-refractivity contribution in [2.24, 2.45) is 0 Å². The summed E-state index contributed by atoms with van der Waals surface area (Å²) in [6, 6.07) is 13.9. The van der Waals surface area contributed by atoms with E-state index in [9.17, 15) is 9.59 Å². The van der Waals surface area contributed by atoms with E-state index < -0.39 is 5.97 Å². The highest BCUT2D eigenvalue weighted by molar-refractivity contribution is 8.09. The van der Waals surface area contributed by atoms with Crippen molar-refractivity contribution >= 4 is 28.4 Å². The number of ether oxygens (including phenoxy) is 2. The largest absolute Gasteiger partial charge is 0.490 e. The van der Waals surface area contributed by atoms with Gasteiger partial charge >= 0.3 is 5.97 Å². The number of carbonyl (C=O) groups is 2. The molecule has 0 saturated carbocycles. The highest BCUT2D eigenvalue weighted by Crippen LogP contribution is 2.41. The number of Topliss-reactive ketones (excluding diaryl/α,β-unsaturated/α-hetero) is 1. The van der Waals surface area contributed by atoms with Crippen LogP contribution in [-0.2, 0) is 9.53 Å². The van der Waals surface area contributed by atoms with Crippen molar-refractivity contribution in [3.63, 3.8) is 0 Å². The van der Waals surface area contributed by atoms with E-state index in [-0.39, 0.29) is 24.2 Å². The third kappa shape index (κ3) is 5.22. The molecule has 5 heteroatoms. The molecule has 4 nitrogen and oxygen atoms in total. The summed E-state index contributed by atoms with van der Waals surface area (Å²) >= 11 is 1.63. The summed E-state index contributed by atoms with van der Waals surface area (Å²) in [4.78, 5) is 25.8. The Bertz CT molecular complexity index is 968. The molecule has 0 N–H and O–H groups in total. The van der Waals surface area contributed by atoms with Crippen molar-refractivity contribution in [2.45, 2.75) is 32.4 Å². The van der Waals surface area contributed by atoms with Gasteiger partial charge in [0.05, 0.1) is 5.25 Å². The minimum Gasteiger partial charge on any atom is -0.490 e. The Morgan fingerprint density at radius 3 is 2.40 bits per heavy atom. The molecule has 1 atom stereocenters. The normalized spacial score (nSPS) is 15.4. The van der Waals surface area contributed by atoms with Gasteiger partial charge in [-0.2, -0.15) is 0 Å². The Balaban J connectivity index is 1.62. The van der Waals surface area contributed by atoms with Crippen LogP contribution in [0.15, 0.2) is 60.7 Å². The van der Waals surface area contributed by atoms with Gasteiger partial charge in [0.25, 0.3) is 0 Å². The van der Waals surface area contributed by atoms with Crippen molar-refractivity contribution in [2.75, 3.05) is 13.2 Å². The van der Waals surface area contributed by atoms with Crippen LogP contribution in [0.4, 0.5) is 0 Å². The lowest BCUT2D eigenvalue weighted by Crippen LogP contribution is -2.17. The molecule has 0 saturated heterocycles. The number of carbonyl (C=O) groups excluding carboxylic acids is 2. The van der Waals surface area contributed by atoms with Crippen molar-refractivity contribution in [3.05, 3.63) is 82.9 Å². The molecule has 3 rings (SSSR count). The standard InChI is InChI=1S/C25H26O4S/c1-16(2)25(27)29-13-12-28-20-14-17(3)23(18(4)15-20)24(26)22-11-10-21(30-22)19-8-6-5-7-9-19/h5-10,14-15,22H,1,11-13H2,2-4H3. The molecule has 1 heterocycles. The second kappa shape index (κ2) is 9.81. The lowest BCUT2D eigenvalue weighted by Gasteiger charge is -2.16. The molecule has 0 fully saturated rings. The lowest BCUT2D eigenvalue weighted by atomic mass is 9.96. The monoisotopic (exact) mass is 422 g/mol. The Hall–Kier alpha value is -2.79. The summed E-state index contributed by atoms with van der Waals surface area (Å²) in [5.41, 5.74) is 4.06. The molecular formula is C25H26O4S. The summed E-state index contributed by atoms with van der Waals surface area (Å²) < 4.78 is 10.7. The van der Waals surface area contributed by atoms with Crippen LogP contribution in [0.3, 0.4) is 0 Å². The fraction of sp³-hybridized carbons (Fsp3) is 0.280. The summed E-state index contributed by atoms with van der Waals surface area (Å²) in [5.74, 6) is 0.388. The van der Waals surface area contributed by atoms with Crippen LogP contribution >= 0.6 is 11.8 Å². The molecule has 1 aliphatic heterocycles. The zero-order valence-electron chi connectivity index (χ0n) is 17.6. The Kier molecular flexibility index (Phi) is 7.16. The SMILES string of the molecule is C=C(C)C(=O)OCCOc1cc(C)c(C(=O)C2CC=C(c3ccccc3)S2)c(C)c1. The van der Waals surface area contributed by atoms with Crippen LogP contribution in [0.25, 0.3) is 4.91 Å². The first kappa shape index (κ1) is 21.9.